The maximum absolute atomic E-state index is 5.29. The lowest BCUT2D eigenvalue weighted by atomic mass is 10.0. The topological polar surface area (TPSA) is 37.4 Å². The summed E-state index contributed by atoms with van der Waals surface area (Å²) in [6.45, 7) is 3.03. The predicted molar refractivity (Wildman–Crippen MR) is 85.0 cm³/mol. The monoisotopic (exact) mass is 273 g/mol. The number of fused-ring (bicyclic) bond motifs is 1. The Morgan fingerprint density at radius 1 is 1.30 bits per heavy atom. The van der Waals surface area contributed by atoms with Crippen molar-refractivity contribution in [1.82, 2.24) is 10.3 Å². The highest BCUT2D eigenvalue weighted by Crippen LogP contribution is 2.32. The van der Waals surface area contributed by atoms with Gasteiger partial charge in [-0.15, -0.1) is 0 Å². The van der Waals surface area contributed by atoms with E-state index in [4.69, 9.17) is 9.72 Å². The van der Waals surface area contributed by atoms with Crippen molar-refractivity contribution in [2.45, 2.75) is 13.3 Å². The Morgan fingerprint density at radius 2 is 2.05 bits per heavy atom. The van der Waals surface area contributed by atoms with Gasteiger partial charge in [0.1, 0.15) is 5.75 Å². The van der Waals surface area contributed by atoms with Crippen LogP contribution in [0.5, 0.6) is 5.75 Å². The molecule has 0 atom stereocenters. The molecule has 0 saturated heterocycles. The number of aryl methyl sites for hydroxylation is 1. The molecule has 4 nitrogen and oxygen atoms in total. The first-order chi connectivity index (χ1) is 9.58. The summed E-state index contributed by atoms with van der Waals surface area (Å²) in [6, 6.07) is 6.09. The smallest absolute Gasteiger partial charge is 0.121 e. The highest BCUT2D eigenvalue weighted by molar-refractivity contribution is 5.94. The van der Waals surface area contributed by atoms with Gasteiger partial charge in [-0.2, -0.15) is 0 Å². The van der Waals surface area contributed by atoms with E-state index in [1.807, 2.05) is 19.2 Å². The molecule has 0 saturated carbocycles. The van der Waals surface area contributed by atoms with Crippen LogP contribution in [0.25, 0.3) is 10.9 Å². The number of likely N-dealkylation sites (N-methyl/N-ethyl adjacent to an activating group) is 1. The number of nitrogens with one attached hydrogen (secondary N) is 1. The van der Waals surface area contributed by atoms with E-state index in [-0.39, 0.29) is 0 Å². The first-order valence-corrected chi connectivity index (χ1v) is 6.87. The van der Waals surface area contributed by atoms with Gasteiger partial charge in [-0.3, -0.25) is 4.98 Å². The molecule has 1 aromatic carbocycles. The third kappa shape index (κ3) is 2.70. The molecular formula is C16H23N3O. The molecule has 0 amide bonds. The van der Waals surface area contributed by atoms with Gasteiger partial charge in [0.2, 0.25) is 0 Å². The zero-order valence-corrected chi connectivity index (χ0v) is 12.9. The molecule has 2 rings (SSSR count). The van der Waals surface area contributed by atoms with Gasteiger partial charge in [0, 0.05) is 31.2 Å². The van der Waals surface area contributed by atoms with Crippen molar-refractivity contribution >= 4 is 16.6 Å². The summed E-state index contributed by atoms with van der Waals surface area (Å²) < 4.78 is 5.29. The molecule has 0 radical (unpaired) electrons. The molecule has 0 unspecified atom stereocenters. The molecule has 0 bridgehead atoms. The van der Waals surface area contributed by atoms with E-state index < -0.39 is 0 Å². The molecular weight excluding hydrogens is 250 g/mol. The molecule has 4 heteroatoms. The number of aromatic nitrogens is 1. The summed E-state index contributed by atoms with van der Waals surface area (Å²) >= 11 is 0. The summed E-state index contributed by atoms with van der Waals surface area (Å²) in [7, 11) is 7.83. The lowest BCUT2D eigenvalue weighted by molar-refractivity contribution is 0.415. The summed E-state index contributed by atoms with van der Waals surface area (Å²) in [4.78, 5) is 6.92. The van der Waals surface area contributed by atoms with E-state index in [9.17, 15) is 0 Å². The van der Waals surface area contributed by atoms with E-state index in [2.05, 4.69) is 37.3 Å². The Hall–Kier alpha value is -1.81. The van der Waals surface area contributed by atoms with E-state index >= 15 is 0 Å². The zero-order chi connectivity index (χ0) is 14.7. The van der Waals surface area contributed by atoms with Crippen molar-refractivity contribution in [3.8, 4) is 5.75 Å². The van der Waals surface area contributed by atoms with Crippen molar-refractivity contribution in [2.24, 2.45) is 0 Å². The molecule has 1 N–H and O–H groups in total. The van der Waals surface area contributed by atoms with Gasteiger partial charge in [-0.1, -0.05) is 0 Å². The predicted octanol–water partition coefficient (Wildman–Crippen LogP) is 2.38. The number of hydrogen-bond acceptors (Lipinski definition) is 4. The summed E-state index contributed by atoms with van der Waals surface area (Å²) in [6.07, 6.45) is 0.977. The van der Waals surface area contributed by atoms with Gasteiger partial charge in [-0.25, -0.2) is 0 Å². The van der Waals surface area contributed by atoms with E-state index in [1.165, 1.54) is 16.6 Å². The number of pyridine rings is 1. The van der Waals surface area contributed by atoms with Crippen LogP contribution in [-0.4, -0.2) is 39.8 Å². The normalized spacial score (nSPS) is 10.8. The van der Waals surface area contributed by atoms with Crippen LogP contribution in [0.4, 0.5) is 5.69 Å². The first-order valence-electron chi connectivity index (χ1n) is 6.87. The summed E-state index contributed by atoms with van der Waals surface area (Å²) in [5, 5.41) is 4.38. The molecule has 0 fully saturated rings. The number of ether oxygens (including phenoxy) is 1. The second-order valence-corrected chi connectivity index (χ2v) is 5.16. The first kappa shape index (κ1) is 14.6. The van der Waals surface area contributed by atoms with Gasteiger partial charge < -0.3 is 15.0 Å². The minimum Gasteiger partial charge on any atom is -0.497 e. The highest BCUT2D eigenvalue weighted by atomic mass is 16.5. The molecule has 0 aliphatic carbocycles. The molecule has 0 aliphatic heterocycles. The maximum Gasteiger partial charge on any atom is 0.121 e. The number of rotatable bonds is 5. The molecule has 1 aromatic heterocycles. The van der Waals surface area contributed by atoms with Crippen molar-refractivity contribution in [3.05, 3.63) is 29.5 Å². The average Bonchev–Trinajstić information content (AvgIpc) is 2.43. The van der Waals surface area contributed by atoms with Crippen LogP contribution < -0.4 is 15.0 Å². The Bertz CT molecular complexity index is 608. The quantitative estimate of drug-likeness (QED) is 0.907. The minimum atomic E-state index is 0.845. The minimum absolute atomic E-state index is 0.845. The van der Waals surface area contributed by atoms with Gasteiger partial charge in [0.05, 0.1) is 18.3 Å². The van der Waals surface area contributed by atoms with Crippen molar-refractivity contribution < 1.29 is 4.74 Å². The van der Waals surface area contributed by atoms with Crippen LogP contribution in [0.1, 0.15) is 11.3 Å². The average molecular weight is 273 g/mol. The lowest BCUT2D eigenvalue weighted by Gasteiger charge is -2.22. The van der Waals surface area contributed by atoms with Gasteiger partial charge >= 0.3 is 0 Å². The van der Waals surface area contributed by atoms with Gasteiger partial charge in [0.15, 0.2) is 0 Å². The highest BCUT2D eigenvalue weighted by Gasteiger charge is 2.14. The number of anilines is 1. The van der Waals surface area contributed by atoms with Crippen LogP contribution >= 0.6 is 0 Å². The molecule has 1 heterocycles. The number of nitrogens with zero attached hydrogens (tertiary/aromatic N) is 2. The Balaban J connectivity index is 2.67. The fourth-order valence-corrected chi connectivity index (χ4v) is 2.57. The third-order valence-corrected chi connectivity index (χ3v) is 3.54. The Labute approximate surface area is 120 Å². The summed E-state index contributed by atoms with van der Waals surface area (Å²) in [5.74, 6) is 0.845. The molecule has 2 aromatic rings. The Kier molecular flexibility index (Phi) is 4.45. The molecule has 0 aliphatic rings. The largest absolute Gasteiger partial charge is 0.497 e. The van der Waals surface area contributed by atoms with Crippen LogP contribution in [0.2, 0.25) is 0 Å². The summed E-state index contributed by atoms with van der Waals surface area (Å²) in [5.41, 5.74) is 4.64. The lowest BCUT2D eigenvalue weighted by Crippen LogP contribution is -2.17. The van der Waals surface area contributed by atoms with E-state index in [0.29, 0.717) is 0 Å². The zero-order valence-electron chi connectivity index (χ0n) is 12.9. The molecule has 108 valence electrons. The van der Waals surface area contributed by atoms with Crippen molar-refractivity contribution in [3.63, 3.8) is 0 Å². The number of benzene rings is 1. The van der Waals surface area contributed by atoms with Gasteiger partial charge in [0.25, 0.3) is 0 Å². The third-order valence-electron chi connectivity index (χ3n) is 3.54. The standard InChI is InChI=1S/C16H23N3O/c1-11-13(8-9-17-2)16(19(3)4)14-7-6-12(20-5)10-15(14)18-11/h6-7,10,17H,8-9H2,1-5H3. The SMILES string of the molecule is CNCCc1c(C)nc2cc(OC)ccc2c1N(C)C. The number of methoxy groups -OCH3 is 1. The van der Waals surface area contributed by atoms with Crippen molar-refractivity contribution in [1.29, 1.82) is 0 Å². The molecule has 20 heavy (non-hydrogen) atoms. The van der Waals surface area contributed by atoms with E-state index in [0.717, 1.165) is 29.9 Å². The van der Waals surface area contributed by atoms with Gasteiger partial charge in [-0.05, 0) is 44.6 Å². The Morgan fingerprint density at radius 3 is 2.65 bits per heavy atom. The fraction of sp³-hybridized carbons (Fsp3) is 0.438. The second-order valence-electron chi connectivity index (χ2n) is 5.16. The van der Waals surface area contributed by atoms with Crippen LogP contribution in [0.15, 0.2) is 18.2 Å². The molecule has 0 spiro atoms. The van der Waals surface area contributed by atoms with Crippen LogP contribution in [-0.2, 0) is 6.42 Å². The van der Waals surface area contributed by atoms with Crippen molar-refractivity contribution in [2.75, 3.05) is 39.7 Å². The van der Waals surface area contributed by atoms with Crippen LogP contribution in [0, 0.1) is 6.92 Å². The second kappa shape index (κ2) is 6.09. The fourth-order valence-electron chi connectivity index (χ4n) is 2.57. The maximum atomic E-state index is 5.29. The number of hydrogen-bond donors (Lipinski definition) is 1. The van der Waals surface area contributed by atoms with Crippen LogP contribution in [0.3, 0.4) is 0 Å². The van der Waals surface area contributed by atoms with E-state index in [1.54, 1.807) is 7.11 Å².